The zero-order valence-electron chi connectivity index (χ0n) is 17.3. The summed E-state index contributed by atoms with van der Waals surface area (Å²) in [6, 6.07) is 4.54. The molecule has 0 aromatic heterocycles. The molecule has 28 heavy (non-hydrogen) atoms. The molecule has 1 aromatic carbocycles. The number of benzene rings is 1. The fraction of sp³-hybridized carbons (Fsp3) is 0.667. The lowest BCUT2D eigenvalue weighted by Crippen LogP contribution is -2.44. The molecule has 0 heterocycles. The van der Waals surface area contributed by atoms with E-state index in [-0.39, 0.29) is 11.8 Å². The Morgan fingerprint density at radius 3 is 2.82 bits per heavy atom. The van der Waals surface area contributed by atoms with Crippen LogP contribution in [-0.4, -0.2) is 24.0 Å². The molecule has 3 aliphatic carbocycles. The Kier molecular flexibility index (Phi) is 5.01. The minimum Gasteiger partial charge on any atom is -0.496 e. The summed E-state index contributed by atoms with van der Waals surface area (Å²) in [7, 11) is 1.73. The molecular weight excluding hydrogens is 352 g/mol. The standard InChI is InChI=1S/C24H32O4/c1-14-11-19-15(12-20(14)28-3)7-8-18-17(19)9-10-24(2)21(25)13-16(23(18)24)5-4-6-22(26)27/h11-12,16-18,23H,4-10,13H2,1-3H3,(H,26,27)/t16?,17-,18+,23-,24+/m0/s1. The van der Waals surface area contributed by atoms with Crippen LogP contribution in [0.15, 0.2) is 12.1 Å². The van der Waals surface area contributed by atoms with E-state index in [9.17, 15) is 9.59 Å². The molecule has 4 heteroatoms. The van der Waals surface area contributed by atoms with E-state index in [0.717, 1.165) is 37.9 Å². The van der Waals surface area contributed by atoms with Gasteiger partial charge in [-0.1, -0.05) is 13.0 Å². The molecular formula is C24H32O4. The summed E-state index contributed by atoms with van der Waals surface area (Å²) in [4.78, 5) is 23.9. The smallest absolute Gasteiger partial charge is 0.303 e. The number of fused-ring (bicyclic) bond motifs is 5. The summed E-state index contributed by atoms with van der Waals surface area (Å²) in [6.45, 7) is 4.31. The molecule has 1 unspecified atom stereocenters. The van der Waals surface area contributed by atoms with Crippen LogP contribution in [0.3, 0.4) is 0 Å². The highest BCUT2D eigenvalue weighted by Crippen LogP contribution is 2.62. The van der Waals surface area contributed by atoms with Crippen molar-refractivity contribution >= 4 is 11.8 Å². The van der Waals surface area contributed by atoms with Gasteiger partial charge in [0, 0.05) is 18.3 Å². The van der Waals surface area contributed by atoms with Gasteiger partial charge in [-0.15, -0.1) is 0 Å². The molecule has 0 spiro atoms. The molecule has 0 bridgehead atoms. The first-order valence-electron chi connectivity index (χ1n) is 10.8. The predicted molar refractivity (Wildman–Crippen MR) is 108 cm³/mol. The van der Waals surface area contributed by atoms with Gasteiger partial charge in [0.25, 0.3) is 0 Å². The molecule has 5 atom stereocenters. The van der Waals surface area contributed by atoms with Gasteiger partial charge in [-0.3, -0.25) is 9.59 Å². The van der Waals surface area contributed by atoms with Crippen molar-refractivity contribution < 1.29 is 19.4 Å². The summed E-state index contributed by atoms with van der Waals surface area (Å²) < 4.78 is 5.53. The lowest BCUT2D eigenvalue weighted by atomic mass is 9.54. The monoisotopic (exact) mass is 384 g/mol. The van der Waals surface area contributed by atoms with Crippen LogP contribution < -0.4 is 4.74 Å². The first-order chi connectivity index (χ1) is 13.3. The molecule has 2 fully saturated rings. The highest BCUT2D eigenvalue weighted by Gasteiger charge is 2.58. The Morgan fingerprint density at radius 1 is 1.32 bits per heavy atom. The second kappa shape index (κ2) is 7.20. The number of carboxylic acid groups (broad SMARTS) is 1. The van der Waals surface area contributed by atoms with E-state index < -0.39 is 5.97 Å². The summed E-state index contributed by atoms with van der Waals surface area (Å²) in [5, 5.41) is 9.01. The minimum absolute atomic E-state index is 0.200. The highest BCUT2D eigenvalue weighted by atomic mass is 16.5. The molecule has 0 saturated heterocycles. The van der Waals surface area contributed by atoms with Crippen LogP contribution in [0.25, 0.3) is 0 Å². The maximum absolute atomic E-state index is 13.0. The third-order valence-corrected chi connectivity index (χ3v) is 8.05. The number of carbonyl (C=O) groups excluding carboxylic acids is 1. The first kappa shape index (κ1) is 19.5. The van der Waals surface area contributed by atoms with Crippen LogP contribution in [0.4, 0.5) is 0 Å². The number of aliphatic carboxylic acids is 1. The zero-order valence-corrected chi connectivity index (χ0v) is 17.3. The minimum atomic E-state index is -0.732. The number of carbonyl (C=O) groups is 2. The fourth-order valence-electron chi connectivity index (χ4n) is 6.77. The lowest BCUT2D eigenvalue weighted by molar-refractivity contribution is -0.137. The number of rotatable bonds is 5. The van der Waals surface area contributed by atoms with E-state index in [4.69, 9.17) is 9.84 Å². The number of hydrogen-bond donors (Lipinski definition) is 1. The van der Waals surface area contributed by atoms with Gasteiger partial charge in [0.15, 0.2) is 0 Å². The fourth-order valence-corrected chi connectivity index (χ4v) is 6.77. The number of ketones is 1. The average molecular weight is 385 g/mol. The first-order valence-corrected chi connectivity index (χ1v) is 10.8. The molecule has 2 saturated carbocycles. The van der Waals surface area contributed by atoms with Crippen molar-refractivity contribution in [3.8, 4) is 5.75 Å². The molecule has 1 N–H and O–H groups in total. The second-order valence-corrected chi connectivity index (χ2v) is 9.48. The molecule has 152 valence electrons. The largest absolute Gasteiger partial charge is 0.496 e. The average Bonchev–Trinajstić information content (AvgIpc) is 2.91. The molecule has 0 radical (unpaired) electrons. The van der Waals surface area contributed by atoms with E-state index in [2.05, 4.69) is 26.0 Å². The zero-order chi connectivity index (χ0) is 20.1. The summed E-state index contributed by atoms with van der Waals surface area (Å²) in [5.41, 5.74) is 3.88. The van der Waals surface area contributed by atoms with Crippen molar-refractivity contribution in [3.05, 3.63) is 28.8 Å². The quantitative estimate of drug-likeness (QED) is 0.783. The number of ether oxygens (including phenoxy) is 1. The van der Waals surface area contributed by atoms with Crippen molar-refractivity contribution in [2.45, 2.75) is 71.1 Å². The Bertz CT molecular complexity index is 798. The van der Waals surface area contributed by atoms with Crippen LogP contribution in [-0.2, 0) is 16.0 Å². The molecule has 4 rings (SSSR count). The summed E-state index contributed by atoms with van der Waals surface area (Å²) >= 11 is 0. The van der Waals surface area contributed by atoms with Crippen molar-refractivity contribution in [1.29, 1.82) is 0 Å². The highest BCUT2D eigenvalue weighted by molar-refractivity contribution is 5.87. The van der Waals surface area contributed by atoms with Crippen LogP contribution in [0.1, 0.15) is 74.5 Å². The van der Waals surface area contributed by atoms with E-state index in [1.54, 1.807) is 7.11 Å². The van der Waals surface area contributed by atoms with Crippen molar-refractivity contribution in [3.63, 3.8) is 0 Å². The lowest BCUT2D eigenvalue weighted by Gasteiger charge is -2.50. The molecule has 0 amide bonds. The van der Waals surface area contributed by atoms with Crippen molar-refractivity contribution in [2.75, 3.05) is 7.11 Å². The summed E-state index contributed by atoms with van der Waals surface area (Å²) in [6.07, 6.45) is 6.66. The van der Waals surface area contributed by atoms with Gasteiger partial charge in [0.05, 0.1) is 7.11 Å². The van der Waals surface area contributed by atoms with Crippen molar-refractivity contribution in [1.82, 2.24) is 0 Å². The van der Waals surface area contributed by atoms with E-state index >= 15 is 0 Å². The molecule has 0 aliphatic heterocycles. The van der Waals surface area contributed by atoms with E-state index in [0.29, 0.717) is 42.3 Å². The number of hydrogen-bond acceptors (Lipinski definition) is 3. The predicted octanol–water partition coefficient (Wildman–Crippen LogP) is 4.91. The number of carboxylic acids is 1. The Hall–Kier alpha value is -1.84. The SMILES string of the molecule is COc1cc2c(cc1C)[C@H]1CC[C@]3(C)C(=O)CC(CCCC(=O)O)[C@H]3[C@@H]1CC2. The number of methoxy groups -OCH3 is 1. The third kappa shape index (κ3) is 3.05. The van der Waals surface area contributed by atoms with Gasteiger partial charge in [0.1, 0.15) is 11.5 Å². The van der Waals surface area contributed by atoms with Gasteiger partial charge < -0.3 is 9.84 Å². The van der Waals surface area contributed by atoms with Gasteiger partial charge in [0.2, 0.25) is 0 Å². The number of Topliss-reactive ketones (excluding diaryl/α,β-unsaturated/α-hetero) is 1. The van der Waals surface area contributed by atoms with Crippen molar-refractivity contribution in [2.24, 2.45) is 23.2 Å². The second-order valence-electron chi connectivity index (χ2n) is 9.48. The number of aryl methyl sites for hydroxylation is 2. The van der Waals surface area contributed by atoms with Crippen LogP contribution in [0.5, 0.6) is 5.75 Å². The Balaban J connectivity index is 1.63. The van der Waals surface area contributed by atoms with Crippen LogP contribution >= 0.6 is 0 Å². The summed E-state index contributed by atoms with van der Waals surface area (Å²) in [5.74, 6) is 2.49. The van der Waals surface area contributed by atoms with Gasteiger partial charge in [-0.25, -0.2) is 0 Å². The Labute approximate surface area is 167 Å². The van der Waals surface area contributed by atoms with Gasteiger partial charge >= 0.3 is 5.97 Å². The molecule has 3 aliphatic rings. The Morgan fingerprint density at radius 2 is 2.11 bits per heavy atom. The van der Waals surface area contributed by atoms with Gasteiger partial charge in [-0.2, -0.15) is 0 Å². The third-order valence-electron chi connectivity index (χ3n) is 8.05. The van der Waals surface area contributed by atoms with Gasteiger partial charge in [-0.05, 0) is 91.9 Å². The normalized spacial score (nSPS) is 33.8. The molecule has 4 nitrogen and oxygen atoms in total. The van der Waals surface area contributed by atoms with Crippen LogP contribution in [0.2, 0.25) is 0 Å². The van der Waals surface area contributed by atoms with E-state index in [1.165, 1.54) is 16.7 Å². The topological polar surface area (TPSA) is 63.6 Å². The van der Waals surface area contributed by atoms with Crippen LogP contribution in [0, 0.1) is 30.1 Å². The maximum Gasteiger partial charge on any atom is 0.303 e. The van der Waals surface area contributed by atoms with E-state index in [1.807, 2.05) is 0 Å². The molecule has 1 aromatic rings. The maximum atomic E-state index is 13.0.